The Morgan fingerprint density at radius 2 is 2.33 bits per heavy atom. The van der Waals surface area contributed by atoms with Crippen LogP contribution in [-0.2, 0) is 6.42 Å². The smallest absolute Gasteiger partial charge is 0.163 e. The molecular formula is C13H14N4S. The van der Waals surface area contributed by atoms with E-state index < -0.39 is 0 Å². The van der Waals surface area contributed by atoms with Crippen LogP contribution in [0.15, 0.2) is 24.5 Å². The molecule has 1 unspecified atom stereocenters. The van der Waals surface area contributed by atoms with E-state index in [-0.39, 0.29) is 6.04 Å². The third kappa shape index (κ3) is 2.66. The fraction of sp³-hybridized carbons (Fsp3) is 0.308. The lowest BCUT2D eigenvalue weighted by atomic mass is 10.2. The van der Waals surface area contributed by atoms with Crippen LogP contribution in [0.2, 0.25) is 0 Å². The fourth-order valence-electron chi connectivity index (χ4n) is 1.59. The highest BCUT2D eigenvalue weighted by molar-refractivity contribution is 7.11. The molecule has 2 rings (SSSR count). The van der Waals surface area contributed by atoms with Crippen LogP contribution >= 0.6 is 11.3 Å². The predicted octanol–water partition coefficient (Wildman–Crippen LogP) is 3.15. The Hall–Kier alpha value is -1.93. The van der Waals surface area contributed by atoms with Gasteiger partial charge in [-0.15, -0.1) is 11.3 Å². The first-order valence-electron chi connectivity index (χ1n) is 5.80. The van der Waals surface area contributed by atoms with Gasteiger partial charge in [0.1, 0.15) is 11.1 Å². The number of aromatic nitrogens is 2. The molecular weight excluding hydrogens is 244 g/mol. The average molecular weight is 258 g/mol. The van der Waals surface area contributed by atoms with Crippen LogP contribution in [0, 0.1) is 11.3 Å². The van der Waals surface area contributed by atoms with Crippen LogP contribution in [0.25, 0.3) is 0 Å². The lowest BCUT2D eigenvalue weighted by molar-refractivity contribution is 0.866. The largest absolute Gasteiger partial charge is 0.374 e. The summed E-state index contributed by atoms with van der Waals surface area (Å²) in [7, 11) is 0. The molecule has 0 radical (unpaired) electrons. The van der Waals surface area contributed by atoms with Crippen molar-refractivity contribution in [1.29, 1.82) is 5.26 Å². The van der Waals surface area contributed by atoms with Gasteiger partial charge in [0.25, 0.3) is 0 Å². The number of anilines is 1. The van der Waals surface area contributed by atoms with E-state index in [1.54, 1.807) is 17.5 Å². The predicted molar refractivity (Wildman–Crippen MR) is 72.5 cm³/mol. The fourth-order valence-corrected chi connectivity index (χ4v) is 2.45. The van der Waals surface area contributed by atoms with Gasteiger partial charge in [-0.2, -0.15) is 5.26 Å². The van der Waals surface area contributed by atoms with Gasteiger partial charge in [0.2, 0.25) is 0 Å². The number of nitriles is 1. The summed E-state index contributed by atoms with van der Waals surface area (Å²) in [6.45, 7) is 4.15. The lowest BCUT2D eigenvalue weighted by Crippen LogP contribution is -2.07. The number of rotatable bonds is 4. The molecule has 1 N–H and O–H groups in total. The summed E-state index contributed by atoms with van der Waals surface area (Å²) in [6.07, 6.45) is 4.53. The van der Waals surface area contributed by atoms with Gasteiger partial charge in [0, 0.05) is 17.3 Å². The van der Waals surface area contributed by atoms with Gasteiger partial charge in [-0.1, -0.05) is 6.92 Å². The Balaban J connectivity index is 2.16. The molecule has 2 heterocycles. The van der Waals surface area contributed by atoms with Crippen molar-refractivity contribution in [2.75, 3.05) is 5.32 Å². The topological polar surface area (TPSA) is 61.6 Å². The summed E-state index contributed by atoms with van der Waals surface area (Å²) in [5, 5.41) is 13.3. The molecule has 0 bridgehead atoms. The molecule has 0 aliphatic heterocycles. The molecule has 0 aliphatic carbocycles. The van der Waals surface area contributed by atoms with E-state index in [9.17, 15) is 0 Å². The summed E-state index contributed by atoms with van der Waals surface area (Å²) >= 11 is 1.70. The van der Waals surface area contributed by atoms with Gasteiger partial charge in [-0.05, 0) is 25.5 Å². The number of thiazole rings is 1. The Kier molecular flexibility index (Phi) is 3.90. The molecule has 0 aromatic carbocycles. The Morgan fingerprint density at radius 1 is 1.50 bits per heavy atom. The highest BCUT2D eigenvalue weighted by atomic mass is 32.1. The van der Waals surface area contributed by atoms with E-state index >= 15 is 0 Å². The van der Waals surface area contributed by atoms with Gasteiger partial charge in [-0.25, -0.2) is 9.97 Å². The van der Waals surface area contributed by atoms with Gasteiger partial charge in [0.15, 0.2) is 5.69 Å². The number of aryl methyl sites for hydroxylation is 1. The van der Waals surface area contributed by atoms with Crippen molar-refractivity contribution in [1.82, 2.24) is 9.97 Å². The summed E-state index contributed by atoms with van der Waals surface area (Å²) in [5.74, 6) is 0. The molecule has 4 nitrogen and oxygen atoms in total. The molecule has 2 aromatic rings. The minimum Gasteiger partial charge on any atom is -0.374 e. The van der Waals surface area contributed by atoms with Crippen LogP contribution in [0.1, 0.15) is 35.5 Å². The van der Waals surface area contributed by atoms with E-state index in [0.29, 0.717) is 5.69 Å². The maximum absolute atomic E-state index is 8.98. The molecule has 5 heteroatoms. The third-order valence-electron chi connectivity index (χ3n) is 2.58. The minimum atomic E-state index is 0.0756. The summed E-state index contributed by atoms with van der Waals surface area (Å²) in [6, 6.07) is 5.83. The number of nitrogens with zero attached hydrogens (tertiary/aromatic N) is 3. The van der Waals surface area contributed by atoms with Crippen LogP contribution < -0.4 is 5.32 Å². The van der Waals surface area contributed by atoms with E-state index in [2.05, 4.69) is 28.3 Å². The molecule has 18 heavy (non-hydrogen) atoms. The summed E-state index contributed by atoms with van der Waals surface area (Å²) < 4.78 is 0. The molecule has 92 valence electrons. The Bertz CT molecular complexity index is 570. The number of hydrogen-bond donors (Lipinski definition) is 1. The number of pyridine rings is 1. The van der Waals surface area contributed by atoms with Crippen LogP contribution in [0.3, 0.4) is 0 Å². The molecule has 0 amide bonds. The molecule has 0 saturated carbocycles. The molecule has 0 fully saturated rings. The van der Waals surface area contributed by atoms with E-state index in [1.807, 2.05) is 25.3 Å². The zero-order chi connectivity index (χ0) is 13.0. The molecule has 2 aromatic heterocycles. The van der Waals surface area contributed by atoms with Crippen molar-refractivity contribution in [3.05, 3.63) is 40.1 Å². The van der Waals surface area contributed by atoms with Gasteiger partial charge >= 0.3 is 0 Å². The second kappa shape index (κ2) is 5.61. The van der Waals surface area contributed by atoms with Crippen molar-refractivity contribution in [2.24, 2.45) is 0 Å². The van der Waals surface area contributed by atoms with E-state index in [0.717, 1.165) is 17.1 Å². The number of hydrogen-bond acceptors (Lipinski definition) is 5. The minimum absolute atomic E-state index is 0.0756. The second-order valence-corrected chi connectivity index (χ2v) is 5.04. The monoisotopic (exact) mass is 258 g/mol. The zero-order valence-corrected chi connectivity index (χ0v) is 11.2. The van der Waals surface area contributed by atoms with Crippen LogP contribution in [-0.4, -0.2) is 9.97 Å². The molecule has 1 atom stereocenters. The first-order valence-corrected chi connectivity index (χ1v) is 6.62. The maximum Gasteiger partial charge on any atom is 0.163 e. The summed E-state index contributed by atoms with van der Waals surface area (Å²) in [4.78, 5) is 9.68. The zero-order valence-electron chi connectivity index (χ0n) is 10.3. The Labute approximate surface area is 110 Å². The highest BCUT2D eigenvalue weighted by Crippen LogP contribution is 2.24. The van der Waals surface area contributed by atoms with Crippen molar-refractivity contribution >= 4 is 17.0 Å². The third-order valence-corrected chi connectivity index (χ3v) is 3.90. The second-order valence-electron chi connectivity index (χ2n) is 3.90. The van der Waals surface area contributed by atoms with Crippen LogP contribution in [0.5, 0.6) is 0 Å². The molecule has 0 saturated heterocycles. The highest BCUT2D eigenvalue weighted by Gasteiger charge is 2.12. The first-order chi connectivity index (χ1) is 8.74. The van der Waals surface area contributed by atoms with Crippen molar-refractivity contribution in [3.8, 4) is 6.07 Å². The SMILES string of the molecule is CCc1cnc(C(C)Nc2cccnc2C#N)s1. The normalized spacial score (nSPS) is 11.8. The summed E-state index contributed by atoms with van der Waals surface area (Å²) in [5.41, 5.74) is 1.16. The van der Waals surface area contributed by atoms with E-state index in [1.165, 1.54) is 4.88 Å². The molecule has 0 spiro atoms. The average Bonchev–Trinajstić information content (AvgIpc) is 2.88. The van der Waals surface area contributed by atoms with Crippen molar-refractivity contribution < 1.29 is 0 Å². The standard InChI is InChI=1S/C13H14N4S/c1-3-10-8-16-13(18-10)9(2)17-11-5-4-6-15-12(11)7-14/h4-6,8-9,17H,3H2,1-2H3. The van der Waals surface area contributed by atoms with Crippen LogP contribution in [0.4, 0.5) is 5.69 Å². The quantitative estimate of drug-likeness (QED) is 0.915. The Morgan fingerprint density at radius 3 is 3.00 bits per heavy atom. The van der Waals surface area contributed by atoms with Gasteiger partial charge in [-0.3, -0.25) is 0 Å². The van der Waals surface area contributed by atoms with Crippen molar-refractivity contribution in [3.63, 3.8) is 0 Å². The van der Waals surface area contributed by atoms with E-state index in [4.69, 9.17) is 5.26 Å². The van der Waals surface area contributed by atoms with Gasteiger partial charge < -0.3 is 5.32 Å². The molecule has 0 aliphatic rings. The first kappa shape index (κ1) is 12.5. The maximum atomic E-state index is 8.98. The lowest BCUT2D eigenvalue weighted by Gasteiger charge is -2.13. The van der Waals surface area contributed by atoms with Gasteiger partial charge in [0.05, 0.1) is 11.7 Å². The number of nitrogens with one attached hydrogen (secondary N) is 1. The van der Waals surface area contributed by atoms with Crippen molar-refractivity contribution in [2.45, 2.75) is 26.3 Å².